The third kappa shape index (κ3) is 4.26. The summed E-state index contributed by atoms with van der Waals surface area (Å²) < 4.78 is 13.4. The predicted octanol–water partition coefficient (Wildman–Crippen LogP) is 3.26. The van der Waals surface area contributed by atoms with Crippen LogP contribution in [0.2, 0.25) is 0 Å². The number of hydrogen-bond acceptors (Lipinski definition) is 4. The average Bonchev–Trinajstić information content (AvgIpc) is 2.60. The van der Waals surface area contributed by atoms with E-state index in [0.29, 0.717) is 17.3 Å². The van der Waals surface area contributed by atoms with E-state index >= 15 is 0 Å². The largest absolute Gasteiger partial charge is 0.370 e. The molecule has 1 atom stereocenters. The van der Waals surface area contributed by atoms with Crippen LogP contribution in [0.1, 0.15) is 25.5 Å². The maximum atomic E-state index is 13.4. The van der Waals surface area contributed by atoms with Crippen LogP contribution in [-0.2, 0) is 6.42 Å². The van der Waals surface area contributed by atoms with Gasteiger partial charge in [-0.15, -0.1) is 0 Å². The Labute approximate surface area is 136 Å². The number of rotatable bonds is 5. The Kier molecular flexibility index (Phi) is 5.18. The molecule has 0 amide bonds. The number of piperidine rings is 1. The van der Waals surface area contributed by atoms with Gasteiger partial charge in [0.2, 0.25) is 0 Å². The van der Waals surface area contributed by atoms with Gasteiger partial charge in [-0.1, -0.05) is 19.1 Å². The molecule has 1 unspecified atom stereocenters. The van der Waals surface area contributed by atoms with Crippen molar-refractivity contribution in [1.82, 2.24) is 15.3 Å². The molecule has 4 nitrogen and oxygen atoms in total. The van der Waals surface area contributed by atoms with Gasteiger partial charge in [0.05, 0.1) is 0 Å². The van der Waals surface area contributed by atoms with E-state index in [1.54, 1.807) is 6.07 Å². The van der Waals surface area contributed by atoms with Crippen LogP contribution in [0.25, 0.3) is 11.4 Å². The maximum Gasteiger partial charge on any atom is 0.161 e. The predicted molar refractivity (Wildman–Crippen MR) is 90.9 cm³/mol. The summed E-state index contributed by atoms with van der Waals surface area (Å²) in [7, 11) is 0. The quantitative estimate of drug-likeness (QED) is 0.889. The second-order valence-corrected chi connectivity index (χ2v) is 6.03. The topological polar surface area (TPSA) is 49.8 Å². The fraction of sp³-hybridized carbons (Fsp3) is 0.444. The number of anilines is 1. The molecule has 1 aromatic carbocycles. The van der Waals surface area contributed by atoms with Crippen molar-refractivity contribution in [2.75, 3.05) is 25.0 Å². The Hall–Kier alpha value is -2.01. The molecule has 122 valence electrons. The van der Waals surface area contributed by atoms with Gasteiger partial charge >= 0.3 is 0 Å². The maximum absolute atomic E-state index is 13.4. The summed E-state index contributed by atoms with van der Waals surface area (Å²) >= 11 is 0. The van der Waals surface area contributed by atoms with Crippen molar-refractivity contribution in [3.63, 3.8) is 0 Å². The Morgan fingerprint density at radius 2 is 2.22 bits per heavy atom. The van der Waals surface area contributed by atoms with Crippen LogP contribution in [0.4, 0.5) is 10.2 Å². The lowest BCUT2D eigenvalue weighted by Crippen LogP contribution is -2.33. The Bertz CT molecular complexity index is 653. The van der Waals surface area contributed by atoms with E-state index in [4.69, 9.17) is 0 Å². The van der Waals surface area contributed by atoms with Crippen molar-refractivity contribution in [2.45, 2.75) is 26.2 Å². The SMILES string of the molecule is CCc1cc(NCC2CCCNC2)nc(-c2cccc(F)c2)n1. The number of halogens is 1. The molecule has 1 aromatic heterocycles. The third-order valence-corrected chi connectivity index (χ3v) is 4.20. The lowest BCUT2D eigenvalue weighted by atomic mass is 10.00. The van der Waals surface area contributed by atoms with Crippen molar-refractivity contribution in [1.29, 1.82) is 0 Å². The smallest absolute Gasteiger partial charge is 0.161 e. The molecule has 0 aliphatic carbocycles. The van der Waals surface area contributed by atoms with Gasteiger partial charge in [0.1, 0.15) is 11.6 Å². The molecule has 0 spiro atoms. The molecule has 2 aromatic rings. The highest BCUT2D eigenvalue weighted by molar-refractivity contribution is 5.57. The van der Waals surface area contributed by atoms with Crippen LogP contribution in [-0.4, -0.2) is 29.6 Å². The summed E-state index contributed by atoms with van der Waals surface area (Å²) in [5.74, 6) is 1.76. The van der Waals surface area contributed by atoms with Gasteiger partial charge in [-0.05, 0) is 50.4 Å². The first kappa shape index (κ1) is 15.9. The number of hydrogen-bond donors (Lipinski definition) is 2. The zero-order valence-corrected chi connectivity index (χ0v) is 13.5. The van der Waals surface area contributed by atoms with Crippen LogP contribution in [0.5, 0.6) is 0 Å². The summed E-state index contributed by atoms with van der Waals surface area (Å²) in [5.41, 5.74) is 1.67. The number of aromatic nitrogens is 2. The highest BCUT2D eigenvalue weighted by Crippen LogP contribution is 2.20. The van der Waals surface area contributed by atoms with Crippen LogP contribution in [0.15, 0.2) is 30.3 Å². The molecule has 0 saturated carbocycles. The molecule has 1 saturated heterocycles. The zero-order valence-electron chi connectivity index (χ0n) is 13.5. The first-order valence-electron chi connectivity index (χ1n) is 8.33. The van der Waals surface area contributed by atoms with Gasteiger partial charge in [0, 0.05) is 23.9 Å². The molecule has 0 bridgehead atoms. The van der Waals surface area contributed by atoms with E-state index < -0.39 is 0 Å². The van der Waals surface area contributed by atoms with Crippen molar-refractivity contribution >= 4 is 5.82 Å². The Morgan fingerprint density at radius 1 is 1.30 bits per heavy atom. The molecule has 2 N–H and O–H groups in total. The van der Waals surface area contributed by atoms with Crippen LogP contribution < -0.4 is 10.6 Å². The van der Waals surface area contributed by atoms with E-state index in [0.717, 1.165) is 37.6 Å². The molecule has 2 heterocycles. The summed E-state index contributed by atoms with van der Waals surface area (Å²) in [6.45, 7) is 5.13. The molecule has 5 heteroatoms. The number of aryl methyl sites for hydroxylation is 1. The van der Waals surface area contributed by atoms with Crippen molar-refractivity contribution in [3.8, 4) is 11.4 Å². The minimum Gasteiger partial charge on any atom is -0.370 e. The van der Waals surface area contributed by atoms with Gasteiger partial charge < -0.3 is 10.6 Å². The second-order valence-electron chi connectivity index (χ2n) is 6.03. The number of nitrogens with one attached hydrogen (secondary N) is 2. The Morgan fingerprint density at radius 3 is 2.96 bits per heavy atom. The summed E-state index contributed by atoms with van der Waals surface area (Å²) in [5, 5.41) is 6.85. The fourth-order valence-corrected chi connectivity index (χ4v) is 2.87. The fourth-order valence-electron chi connectivity index (χ4n) is 2.87. The molecule has 1 fully saturated rings. The van der Waals surface area contributed by atoms with E-state index in [1.165, 1.54) is 25.0 Å². The third-order valence-electron chi connectivity index (χ3n) is 4.20. The van der Waals surface area contributed by atoms with Gasteiger partial charge in [-0.3, -0.25) is 0 Å². The van der Waals surface area contributed by atoms with Gasteiger partial charge in [0.15, 0.2) is 5.82 Å². The molecule has 23 heavy (non-hydrogen) atoms. The van der Waals surface area contributed by atoms with Crippen molar-refractivity contribution in [2.24, 2.45) is 5.92 Å². The van der Waals surface area contributed by atoms with Crippen LogP contribution in [0.3, 0.4) is 0 Å². The minimum atomic E-state index is -0.268. The number of nitrogens with zero attached hydrogens (tertiary/aromatic N) is 2. The lowest BCUT2D eigenvalue weighted by molar-refractivity contribution is 0.392. The van der Waals surface area contributed by atoms with Gasteiger partial charge in [-0.2, -0.15) is 0 Å². The zero-order chi connectivity index (χ0) is 16.1. The normalized spacial score (nSPS) is 17.9. The van der Waals surface area contributed by atoms with Crippen LogP contribution >= 0.6 is 0 Å². The first-order chi connectivity index (χ1) is 11.2. The van der Waals surface area contributed by atoms with Crippen LogP contribution in [0, 0.1) is 11.7 Å². The summed E-state index contributed by atoms with van der Waals surface area (Å²) in [4.78, 5) is 9.10. The average molecular weight is 314 g/mol. The molecule has 0 radical (unpaired) electrons. The van der Waals surface area contributed by atoms with E-state index in [-0.39, 0.29) is 5.82 Å². The van der Waals surface area contributed by atoms with Gasteiger partial charge in [-0.25, -0.2) is 14.4 Å². The Balaban J connectivity index is 1.78. The van der Waals surface area contributed by atoms with Gasteiger partial charge in [0.25, 0.3) is 0 Å². The monoisotopic (exact) mass is 314 g/mol. The van der Waals surface area contributed by atoms with Crippen molar-refractivity contribution < 1.29 is 4.39 Å². The highest BCUT2D eigenvalue weighted by atomic mass is 19.1. The minimum absolute atomic E-state index is 0.268. The lowest BCUT2D eigenvalue weighted by Gasteiger charge is -2.23. The summed E-state index contributed by atoms with van der Waals surface area (Å²) in [6, 6.07) is 8.42. The molecule has 1 aliphatic rings. The van der Waals surface area contributed by atoms with Crippen molar-refractivity contribution in [3.05, 3.63) is 41.8 Å². The molecule has 1 aliphatic heterocycles. The van der Waals surface area contributed by atoms with E-state index in [9.17, 15) is 4.39 Å². The molecular formula is C18H23FN4. The molecule has 3 rings (SSSR count). The standard InChI is InChI=1S/C18H23FN4/c1-2-16-10-17(21-12-13-5-4-8-20-11-13)23-18(22-16)14-6-3-7-15(19)9-14/h3,6-7,9-10,13,20H,2,4-5,8,11-12H2,1H3,(H,21,22,23). The second kappa shape index (κ2) is 7.51. The summed E-state index contributed by atoms with van der Waals surface area (Å²) in [6.07, 6.45) is 3.29. The van der Waals surface area contributed by atoms with E-state index in [1.807, 2.05) is 12.1 Å². The number of benzene rings is 1. The highest BCUT2D eigenvalue weighted by Gasteiger charge is 2.13. The van der Waals surface area contributed by atoms with E-state index in [2.05, 4.69) is 27.5 Å². The molecular weight excluding hydrogens is 291 g/mol. The first-order valence-corrected chi connectivity index (χ1v) is 8.33.